The van der Waals surface area contributed by atoms with E-state index in [2.05, 4.69) is 6.58 Å². The molecule has 3 rings (SSSR count). The third-order valence-electron chi connectivity index (χ3n) is 4.15. The second-order valence-electron chi connectivity index (χ2n) is 5.74. The summed E-state index contributed by atoms with van der Waals surface area (Å²) in [7, 11) is 1.29. The van der Waals surface area contributed by atoms with Crippen molar-refractivity contribution in [2.75, 3.05) is 13.9 Å². The molecule has 1 atom stereocenters. The molecule has 26 heavy (non-hydrogen) atoms. The number of non-ortho nitro benzene ring substituents is 1. The molecule has 0 bridgehead atoms. The van der Waals surface area contributed by atoms with Gasteiger partial charge in [-0.1, -0.05) is 12.1 Å². The molecule has 1 aliphatic heterocycles. The van der Waals surface area contributed by atoms with Crippen molar-refractivity contribution in [2.45, 2.75) is 12.3 Å². The number of allylic oxidation sites excluding steroid dienone is 1. The van der Waals surface area contributed by atoms with Crippen molar-refractivity contribution in [2.24, 2.45) is 0 Å². The normalized spacial score (nSPS) is 13.1. The molecule has 2 aromatic carbocycles. The average molecular weight is 355 g/mol. The zero-order valence-corrected chi connectivity index (χ0v) is 14.1. The summed E-state index contributed by atoms with van der Waals surface area (Å²) in [6.07, 6.45) is 1.90. The summed E-state index contributed by atoms with van der Waals surface area (Å²) in [5.74, 6) is 0.0665. The number of ether oxygens (including phenoxy) is 3. The number of fused-ring (bicyclic) bond motifs is 1. The Kier molecular flexibility index (Phi) is 4.88. The highest BCUT2D eigenvalue weighted by Crippen LogP contribution is 2.38. The monoisotopic (exact) mass is 355 g/mol. The van der Waals surface area contributed by atoms with E-state index in [1.54, 1.807) is 30.3 Å². The van der Waals surface area contributed by atoms with Crippen LogP contribution in [0.4, 0.5) is 5.69 Å². The first-order valence-electron chi connectivity index (χ1n) is 7.91. The van der Waals surface area contributed by atoms with Crippen molar-refractivity contribution in [1.82, 2.24) is 0 Å². The van der Waals surface area contributed by atoms with E-state index in [1.807, 2.05) is 0 Å². The number of esters is 1. The largest absolute Gasteiger partial charge is 0.469 e. The maximum atomic E-state index is 12.1. The minimum absolute atomic E-state index is 0.104. The Bertz CT molecular complexity index is 876. The SMILES string of the molecule is C=CCC(C(=O)OC)c1cc(-c2ccc3c(c2)OCO3)cc([N+](=O)[O-])c1. The molecule has 0 aliphatic carbocycles. The van der Waals surface area contributed by atoms with Crippen molar-refractivity contribution in [1.29, 1.82) is 0 Å². The van der Waals surface area contributed by atoms with Crippen LogP contribution in [0.15, 0.2) is 49.1 Å². The number of nitro benzene ring substituents is 1. The van der Waals surface area contributed by atoms with E-state index in [-0.39, 0.29) is 12.5 Å². The molecule has 1 unspecified atom stereocenters. The van der Waals surface area contributed by atoms with Crippen LogP contribution in [-0.2, 0) is 9.53 Å². The summed E-state index contributed by atoms with van der Waals surface area (Å²) in [6.45, 7) is 3.79. The Morgan fingerprint density at radius 1 is 1.27 bits per heavy atom. The van der Waals surface area contributed by atoms with Crippen LogP contribution in [-0.4, -0.2) is 24.8 Å². The first-order valence-corrected chi connectivity index (χ1v) is 7.91. The van der Waals surface area contributed by atoms with E-state index in [1.165, 1.54) is 19.2 Å². The molecule has 2 aromatic rings. The predicted octanol–water partition coefficient (Wildman–Crippen LogP) is 3.82. The average Bonchev–Trinajstić information content (AvgIpc) is 3.12. The second-order valence-corrected chi connectivity index (χ2v) is 5.74. The van der Waals surface area contributed by atoms with Gasteiger partial charge >= 0.3 is 5.97 Å². The minimum Gasteiger partial charge on any atom is -0.469 e. The lowest BCUT2D eigenvalue weighted by Gasteiger charge is -2.14. The second kappa shape index (κ2) is 7.26. The number of methoxy groups -OCH3 is 1. The number of hydrogen-bond acceptors (Lipinski definition) is 6. The van der Waals surface area contributed by atoms with Gasteiger partial charge in [-0.15, -0.1) is 6.58 Å². The number of carbonyl (C=O) groups is 1. The molecule has 0 saturated carbocycles. The van der Waals surface area contributed by atoms with Gasteiger partial charge in [-0.3, -0.25) is 14.9 Å². The molecule has 0 saturated heterocycles. The summed E-state index contributed by atoms with van der Waals surface area (Å²) in [5.41, 5.74) is 1.72. The molecule has 0 spiro atoms. The van der Waals surface area contributed by atoms with Crippen molar-refractivity contribution in [3.8, 4) is 22.6 Å². The Morgan fingerprint density at radius 2 is 2.04 bits per heavy atom. The van der Waals surface area contributed by atoms with Crippen molar-refractivity contribution in [3.05, 3.63) is 64.7 Å². The van der Waals surface area contributed by atoms with E-state index >= 15 is 0 Å². The lowest BCUT2D eigenvalue weighted by atomic mass is 9.92. The van der Waals surface area contributed by atoms with Gasteiger partial charge in [0, 0.05) is 12.1 Å². The molecule has 0 radical (unpaired) electrons. The Morgan fingerprint density at radius 3 is 2.73 bits per heavy atom. The summed E-state index contributed by atoms with van der Waals surface area (Å²) in [4.78, 5) is 23.0. The molecule has 0 amide bonds. The van der Waals surface area contributed by atoms with Gasteiger partial charge in [0.1, 0.15) is 0 Å². The summed E-state index contributed by atoms with van der Waals surface area (Å²) >= 11 is 0. The molecule has 0 aromatic heterocycles. The van der Waals surface area contributed by atoms with Crippen LogP contribution in [0.3, 0.4) is 0 Å². The van der Waals surface area contributed by atoms with Gasteiger partial charge < -0.3 is 14.2 Å². The third-order valence-corrected chi connectivity index (χ3v) is 4.15. The maximum absolute atomic E-state index is 12.1. The van der Waals surface area contributed by atoms with E-state index in [0.29, 0.717) is 29.0 Å². The molecular weight excluding hydrogens is 338 g/mol. The van der Waals surface area contributed by atoms with Gasteiger partial charge in [0.15, 0.2) is 11.5 Å². The summed E-state index contributed by atoms with van der Waals surface area (Å²) in [5, 5.41) is 11.4. The van der Waals surface area contributed by atoms with Crippen LogP contribution in [0.5, 0.6) is 11.5 Å². The molecule has 1 heterocycles. The smallest absolute Gasteiger partial charge is 0.313 e. The predicted molar refractivity (Wildman–Crippen MR) is 94.2 cm³/mol. The van der Waals surface area contributed by atoms with E-state index in [9.17, 15) is 14.9 Å². The Hall–Kier alpha value is -3.35. The number of nitrogens with zero attached hydrogens (tertiary/aromatic N) is 1. The maximum Gasteiger partial charge on any atom is 0.313 e. The van der Waals surface area contributed by atoms with Crippen molar-refractivity contribution >= 4 is 11.7 Å². The topological polar surface area (TPSA) is 87.9 Å². The highest BCUT2D eigenvalue weighted by molar-refractivity contribution is 5.80. The van der Waals surface area contributed by atoms with E-state index < -0.39 is 16.8 Å². The highest BCUT2D eigenvalue weighted by atomic mass is 16.7. The molecular formula is C19H17NO6. The zero-order chi connectivity index (χ0) is 18.7. The third kappa shape index (κ3) is 3.37. The van der Waals surface area contributed by atoms with Crippen LogP contribution in [0.1, 0.15) is 17.9 Å². The van der Waals surface area contributed by atoms with Crippen LogP contribution in [0, 0.1) is 10.1 Å². The summed E-state index contributed by atoms with van der Waals surface area (Å²) in [6, 6.07) is 9.89. The molecule has 7 nitrogen and oxygen atoms in total. The highest BCUT2D eigenvalue weighted by Gasteiger charge is 2.24. The van der Waals surface area contributed by atoms with E-state index in [0.717, 1.165) is 5.56 Å². The number of carbonyl (C=O) groups excluding carboxylic acids is 1. The fourth-order valence-electron chi connectivity index (χ4n) is 2.86. The Labute approximate surface area is 150 Å². The molecule has 7 heteroatoms. The van der Waals surface area contributed by atoms with Crippen LogP contribution >= 0.6 is 0 Å². The van der Waals surface area contributed by atoms with Crippen molar-refractivity contribution in [3.63, 3.8) is 0 Å². The quantitative estimate of drug-likeness (QED) is 0.339. The van der Waals surface area contributed by atoms with Crippen LogP contribution in [0.2, 0.25) is 0 Å². The number of hydrogen-bond donors (Lipinski definition) is 0. The number of rotatable bonds is 6. The van der Waals surface area contributed by atoms with Gasteiger partial charge in [-0.05, 0) is 41.3 Å². The number of benzene rings is 2. The van der Waals surface area contributed by atoms with Gasteiger partial charge in [0.05, 0.1) is 18.0 Å². The molecule has 1 aliphatic rings. The van der Waals surface area contributed by atoms with Gasteiger partial charge in [-0.2, -0.15) is 0 Å². The van der Waals surface area contributed by atoms with Gasteiger partial charge in [0.2, 0.25) is 6.79 Å². The molecule has 134 valence electrons. The summed E-state index contributed by atoms with van der Waals surface area (Å²) < 4.78 is 15.5. The fraction of sp³-hybridized carbons (Fsp3) is 0.211. The van der Waals surface area contributed by atoms with E-state index in [4.69, 9.17) is 14.2 Å². The van der Waals surface area contributed by atoms with Gasteiger partial charge in [0.25, 0.3) is 5.69 Å². The van der Waals surface area contributed by atoms with Crippen molar-refractivity contribution < 1.29 is 23.9 Å². The number of nitro groups is 1. The Balaban J connectivity index is 2.10. The van der Waals surface area contributed by atoms with Crippen LogP contribution in [0.25, 0.3) is 11.1 Å². The standard InChI is InChI=1S/C19H17NO6/c1-3-4-16(19(21)24-2)14-7-13(8-15(9-14)20(22)23)12-5-6-17-18(10-12)26-11-25-17/h3,5-10,16H,1,4,11H2,2H3. The lowest BCUT2D eigenvalue weighted by molar-refractivity contribution is -0.384. The van der Waals surface area contributed by atoms with Gasteiger partial charge in [-0.25, -0.2) is 0 Å². The minimum atomic E-state index is -0.662. The lowest BCUT2D eigenvalue weighted by Crippen LogP contribution is -2.14. The zero-order valence-electron chi connectivity index (χ0n) is 14.1. The fourth-order valence-corrected chi connectivity index (χ4v) is 2.86. The van der Waals surface area contributed by atoms with Crippen LogP contribution < -0.4 is 9.47 Å². The first kappa shape index (κ1) is 17.5. The first-order chi connectivity index (χ1) is 12.5. The molecule has 0 N–H and O–H groups in total. The molecule has 0 fully saturated rings.